The Morgan fingerprint density at radius 2 is 2.00 bits per heavy atom. The number of halogens is 2. The van der Waals surface area contributed by atoms with Gasteiger partial charge in [-0.25, -0.2) is 0 Å². The molecule has 1 aliphatic heterocycles. The number of hydrogen-bond acceptors (Lipinski definition) is 4. The molecular weight excluding hydrogens is 401 g/mol. The number of anilines is 2. The van der Waals surface area contributed by atoms with Crippen LogP contribution in [0.2, 0.25) is 10.0 Å². The molecule has 1 atom stereocenters. The summed E-state index contributed by atoms with van der Waals surface area (Å²) in [5.74, 6) is 0.234. The molecule has 8 heteroatoms. The van der Waals surface area contributed by atoms with E-state index in [1.54, 1.807) is 43.3 Å². The number of amides is 2. The van der Waals surface area contributed by atoms with Crippen LogP contribution in [-0.4, -0.2) is 37.6 Å². The van der Waals surface area contributed by atoms with Crippen molar-refractivity contribution in [3.63, 3.8) is 0 Å². The minimum absolute atomic E-state index is 0.0388. The number of carbonyl (C=O) groups is 2. The number of hydrogen-bond donors (Lipinski definition) is 2. The number of nitrogens with zero attached hydrogens (tertiary/aromatic N) is 1. The summed E-state index contributed by atoms with van der Waals surface area (Å²) in [5.41, 5.74) is 2.19. The molecule has 1 saturated heterocycles. The quantitative estimate of drug-likeness (QED) is 0.772. The molecule has 2 aromatic rings. The first-order chi connectivity index (χ1) is 13.3. The van der Waals surface area contributed by atoms with Crippen LogP contribution in [0.25, 0.3) is 0 Å². The second-order valence-electron chi connectivity index (χ2n) is 6.60. The fourth-order valence-electron chi connectivity index (χ4n) is 2.88. The molecule has 1 fully saturated rings. The van der Waals surface area contributed by atoms with Crippen LogP contribution >= 0.6 is 23.2 Å². The predicted octanol–water partition coefficient (Wildman–Crippen LogP) is 3.64. The van der Waals surface area contributed by atoms with Gasteiger partial charge in [-0.05, 0) is 55.8 Å². The van der Waals surface area contributed by atoms with Crippen LogP contribution < -0.4 is 20.3 Å². The zero-order valence-corrected chi connectivity index (χ0v) is 17.1. The normalized spacial score (nSPS) is 15.0. The minimum atomic E-state index is -0.704. The van der Waals surface area contributed by atoms with Crippen molar-refractivity contribution in [2.24, 2.45) is 0 Å². The summed E-state index contributed by atoms with van der Waals surface area (Å²) in [4.78, 5) is 25.9. The lowest BCUT2D eigenvalue weighted by Gasteiger charge is -2.29. The van der Waals surface area contributed by atoms with E-state index in [4.69, 9.17) is 27.9 Å². The van der Waals surface area contributed by atoms with Crippen LogP contribution in [0.15, 0.2) is 36.4 Å². The van der Waals surface area contributed by atoms with Crippen molar-refractivity contribution in [3.05, 3.63) is 52.0 Å². The summed E-state index contributed by atoms with van der Waals surface area (Å²) >= 11 is 12.4. The second kappa shape index (κ2) is 8.71. The number of piperazine rings is 1. The molecule has 0 radical (unpaired) electrons. The van der Waals surface area contributed by atoms with Gasteiger partial charge >= 0.3 is 0 Å². The van der Waals surface area contributed by atoms with E-state index in [2.05, 4.69) is 10.6 Å². The van der Waals surface area contributed by atoms with E-state index in [1.165, 1.54) is 0 Å². The molecule has 1 heterocycles. The highest BCUT2D eigenvalue weighted by atomic mass is 35.5. The van der Waals surface area contributed by atoms with Gasteiger partial charge in [-0.15, -0.1) is 0 Å². The van der Waals surface area contributed by atoms with Gasteiger partial charge in [0.15, 0.2) is 6.10 Å². The maximum absolute atomic E-state index is 12.4. The third kappa shape index (κ3) is 4.88. The first-order valence-corrected chi connectivity index (χ1v) is 9.64. The van der Waals surface area contributed by atoms with Gasteiger partial charge in [-0.2, -0.15) is 0 Å². The standard InChI is InChI=1S/C20H21Cl2N3O3/c1-12-9-15(4-5-16(12)21)28-13(2)20(27)24-14-3-6-18(17(22)10-14)25-8-7-23-19(26)11-25/h3-6,9-10,13H,7-8,11H2,1-2H3,(H,23,26)(H,24,27). The molecule has 148 valence electrons. The fourth-order valence-corrected chi connectivity index (χ4v) is 3.29. The Balaban J connectivity index is 1.63. The summed E-state index contributed by atoms with van der Waals surface area (Å²) < 4.78 is 5.69. The van der Waals surface area contributed by atoms with Crippen LogP contribution in [0.3, 0.4) is 0 Å². The summed E-state index contributed by atoms with van der Waals surface area (Å²) in [5, 5.41) is 6.68. The van der Waals surface area contributed by atoms with Crippen LogP contribution in [0.1, 0.15) is 12.5 Å². The van der Waals surface area contributed by atoms with Gasteiger partial charge in [-0.3, -0.25) is 9.59 Å². The minimum Gasteiger partial charge on any atom is -0.481 e. The molecule has 1 unspecified atom stereocenters. The van der Waals surface area contributed by atoms with Gasteiger partial charge in [-0.1, -0.05) is 23.2 Å². The molecule has 2 N–H and O–H groups in total. The first kappa shape index (κ1) is 20.3. The summed E-state index contributed by atoms with van der Waals surface area (Å²) in [6.45, 7) is 5.06. The van der Waals surface area contributed by atoms with E-state index in [9.17, 15) is 9.59 Å². The van der Waals surface area contributed by atoms with Gasteiger partial charge in [0.1, 0.15) is 5.75 Å². The zero-order chi connectivity index (χ0) is 20.3. The number of ether oxygens (including phenoxy) is 1. The molecule has 3 rings (SSSR count). The lowest BCUT2D eigenvalue weighted by Crippen LogP contribution is -2.47. The third-order valence-electron chi connectivity index (χ3n) is 4.41. The number of carbonyl (C=O) groups excluding carboxylic acids is 2. The Morgan fingerprint density at radius 3 is 2.68 bits per heavy atom. The smallest absolute Gasteiger partial charge is 0.265 e. The van der Waals surface area contributed by atoms with Gasteiger partial charge in [0.05, 0.1) is 17.3 Å². The molecule has 28 heavy (non-hydrogen) atoms. The molecule has 6 nitrogen and oxygen atoms in total. The first-order valence-electron chi connectivity index (χ1n) is 8.88. The third-order valence-corrected chi connectivity index (χ3v) is 5.13. The molecular formula is C20H21Cl2N3O3. The highest BCUT2D eigenvalue weighted by Crippen LogP contribution is 2.29. The largest absolute Gasteiger partial charge is 0.481 e. The molecule has 2 amide bonds. The Morgan fingerprint density at radius 1 is 1.21 bits per heavy atom. The van der Waals surface area contributed by atoms with Crippen molar-refractivity contribution in [1.29, 1.82) is 0 Å². The Kier molecular flexibility index (Phi) is 6.31. The van der Waals surface area contributed by atoms with Crippen molar-refractivity contribution in [2.45, 2.75) is 20.0 Å². The van der Waals surface area contributed by atoms with Crippen molar-refractivity contribution < 1.29 is 14.3 Å². The van der Waals surface area contributed by atoms with Crippen LogP contribution in [0.4, 0.5) is 11.4 Å². The SMILES string of the molecule is Cc1cc(OC(C)C(=O)Nc2ccc(N3CCNC(=O)C3)c(Cl)c2)ccc1Cl. The van der Waals surface area contributed by atoms with Crippen molar-refractivity contribution in [2.75, 3.05) is 29.9 Å². The highest BCUT2D eigenvalue weighted by Gasteiger charge is 2.20. The van der Waals surface area contributed by atoms with E-state index < -0.39 is 6.10 Å². The number of nitrogens with one attached hydrogen (secondary N) is 2. The van der Waals surface area contributed by atoms with E-state index in [-0.39, 0.29) is 18.4 Å². The summed E-state index contributed by atoms with van der Waals surface area (Å²) in [6, 6.07) is 10.5. The molecule has 0 saturated carbocycles. The Labute approximate surface area is 173 Å². The Hall–Kier alpha value is -2.44. The molecule has 1 aliphatic rings. The van der Waals surface area contributed by atoms with Crippen molar-refractivity contribution >= 4 is 46.4 Å². The summed E-state index contributed by atoms with van der Waals surface area (Å²) in [7, 11) is 0. The fraction of sp³-hybridized carbons (Fsp3) is 0.300. The molecule has 0 bridgehead atoms. The molecule has 0 aliphatic carbocycles. The average molecular weight is 422 g/mol. The van der Waals surface area contributed by atoms with Crippen molar-refractivity contribution in [3.8, 4) is 5.75 Å². The van der Waals surface area contributed by atoms with Crippen molar-refractivity contribution in [1.82, 2.24) is 5.32 Å². The number of rotatable bonds is 5. The monoisotopic (exact) mass is 421 g/mol. The van der Waals surface area contributed by atoms with E-state index in [0.717, 1.165) is 11.3 Å². The Bertz CT molecular complexity index is 904. The van der Waals surface area contributed by atoms with Gasteiger partial charge in [0.2, 0.25) is 5.91 Å². The van der Waals surface area contributed by atoms with Gasteiger partial charge in [0.25, 0.3) is 5.91 Å². The molecule has 2 aromatic carbocycles. The average Bonchev–Trinajstić information content (AvgIpc) is 2.65. The van der Waals surface area contributed by atoms with E-state index >= 15 is 0 Å². The lowest BCUT2D eigenvalue weighted by atomic mass is 10.2. The van der Waals surface area contributed by atoms with Crippen LogP contribution in [0, 0.1) is 6.92 Å². The topological polar surface area (TPSA) is 70.7 Å². The number of benzene rings is 2. The molecule has 0 aromatic heterocycles. The van der Waals surface area contributed by atoms with Gasteiger partial charge in [0, 0.05) is 23.8 Å². The van der Waals surface area contributed by atoms with E-state index in [0.29, 0.717) is 34.6 Å². The predicted molar refractivity (Wildman–Crippen MR) is 112 cm³/mol. The van der Waals surface area contributed by atoms with E-state index in [1.807, 2.05) is 11.8 Å². The summed E-state index contributed by atoms with van der Waals surface area (Å²) in [6.07, 6.45) is -0.704. The second-order valence-corrected chi connectivity index (χ2v) is 7.41. The van der Waals surface area contributed by atoms with Crippen LogP contribution in [0.5, 0.6) is 5.75 Å². The van der Waals surface area contributed by atoms with Crippen LogP contribution in [-0.2, 0) is 9.59 Å². The number of aryl methyl sites for hydroxylation is 1. The molecule has 0 spiro atoms. The maximum atomic E-state index is 12.4. The lowest BCUT2D eigenvalue weighted by molar-refractivity contribution is -0.122. The maximum Gasteiger partial charge on any atom is 0.265 e. The van der Waals surface area contributed by atoms with Gasteiger partial charge < -0.3 is 20.3 Å². The zero-order valence-electron chi connectivity index (χ0n) is 15.6. The highest BCUT2D eigenvalue weighted by molar-refractivity contribution is 6.33.